The van der Waals surface area contributed by atoms with Crippen LogP contribution in [-0.4, -0.2) is 51.5 Å². The minimum Gasteiger partial charge on any atom is -0.380 e. The number of amides is 2. The second-order valence-corrected chi connectivity index (χ2v) is 8.20. The zero-order valence-electron chi connectivity index (χ0n) is 18.6. The lowest BCUT2D eigenvalue weighted by molar-refractivity contribution is -0.125. The molecule has 5 aromatic rings. The van der Waals surface area contributed by atoms with Crippen LogP contribution in [0, 0.1) is 5.82 Å². The van der Waals surface area contributed by atoms with Crippen molar-refractivity contribution >= 4 is 45.2 Å². The van der Waals surface area contributed by atoms with Crippen molar-refractivity contribution in [2.24, 2.45) is 5.73 Å². The molecule has 0 bridgehead atoms. The van der Waals surface area contributed by atoms with Crippen LogP contribution < -0.4 is 16.4 Å². The number of anilines is 2. The number of aromatic nitrogens is 4. The maximum atomic E-state index is 16.0. The highest BCUT2D eigenvalue weighted by Gasteiger charge is 2.24. The minimum absolute atomic E-state index is 0.00551. The first kappa shape index (κ1) is 21.7. The van der Waals surface area contributed by atoms with Gasteiger partial charge in [-0.15, -0.1) is 0 Å². The fourth-order valence-corrected chi connectivity index (χ4v) is 4.31. The fraction of sp³-hybridized carbons (Fsp3) is 0.125. The highest BCUT2D eigenvalue weighted by molar-refractivity contribution is 6.05. The predicted molar refractivity (Wildman–Crippen MR) is 128 cm³/mol. The molecule has 1 saturated heterocycles. The van der Waals surface area contributed by atoms with Crippen molar-refractivity contribution in [3.05, 3.63) is 60.2 Å². The highest BCUT2D eigenvalue weighted by Crippen LogP contribution is 2.33. The van der Waals surface area contributed by atoms with Crippen LogP contribution in [0.5, 0.6) is 0 Å². The molecule has 36 heavy (non-hydrogen) atoms. The Morgan fingerprint density at radius 2 is 1.92 bits per heavy atom. The number of morpholine rings is 1. The first-order chi connectivity index (χ1) is 17.4. The molecule has 6 rings (SSSR count). The van der Waals surface area contributed by atoms with E-state index in [4.69, 9.17) is 20.7 Å². The smallest absolute Gasteiger partial charge is 0.269 e. The van der Waals surface area contributed by atoms with Gasteiger partial charge in [0, 0.05) is 17.5 Å². The lowest BCUT2D eigenvalue weighted by Crippen LogP contribution is -2.41. The molecule has 0 radical (unpaired) electrons. The Morgan fingerprint density at radius 3 is 2.67 bits per heavy atom. The van der Waals surface area contributed by atoms with E-state index in [1.54, 1.807) is 41.3 Å². The number of nitrogens with zero attached hydrogens (tertiary/aromatic N) is 5. The Balaban J connectivity index is 1.49. The van der Waals surface area contributed by atoms with Gasteiger partial charge in [0.1, 0.15) is 12.1 Å². The standard InChI is InChI=1S/C24H18FN7O4/c25-20-14(17-5-1-13(10-28-17)31-7-8-35-11-19(31)33)3-4-15-21(24(27)34)29-32(22(15)20)12-2-6-18-16(9-12)23(26)30-36-18/h1-6,9-10H,7-8,11H2,(H2,26,30)(H2,27,34). The molecule has 0 spiro atoms. The quantitative estimate of drug-likeness (QED) is 0.392. The molecule has 1 fully saturated rings. The first-order valence-corrected chi connectivity index (χ1v) is 10.9. The van der Waals surface area contributed by atoms with Gasteiger partial charge in [-0.2, -0.15) is 5.10 Å². The molecular weight excluding hydrogens is 469 g/mol. The third-order valence-corrected chi connectivity index (χ3v) is 6.06. The summed E-state index contributed by atoms with van der Waals surface area (Å²) < 4.78 is 27.6. The lowest BCUT2D eigenvalue weighted by Gasteiger charge is -2.26. The predicted octanol–water partition coefficient (Wildman–Crippen LogP) is 2.41. The summed E-state index contributed by atoms with van der Waals surface area (Å²) in [4.78, 5) is 30.2. The Kier molecular flexibility index (Phi) is 4.90. The van der Waals surface area contributed by atoms with Gasteiger partial charge in [0.25, 0.3) is 11.8 Å². The van der Waals surface area contributed by atoms with Gasteiger partial charge in [-0.25, -0.2) is 9.07 Å². The number of halogens is 1. The van der Waals surface area contributed by atoms with Gasteiger partial charge in [-0.3, -0.25) is 14.6 Å². The van der Waals surface area contributed by atoms with Crippen LogP contribution in [0.25, 0.3) is 38.8 Å². The third kappa shape index (κ3) is 3.34. The summed E-state index contributed by atoms with van der Waals surface area (Å²) in [5, 5.41) is 8.79. The topological polar surface area (TPSA) is 155 Å². The summed E-state index contributed by atoms with van der Waals surface area (Å²) in [5.74, 6) is -1.44. The average molecular weight is 487 g/mol. The molecule has 11 nitrogen and oxygen atoms in total. The van der Waals surface area contributed by atoms with Gasteiger partial charge >= 0.3 is 0 Å². The molecule has 0 unspecified atom stereocenters. The van der Waals surface area contributed by atoms with Gasteiger partial charge in [0.15, 0.2) is 22.9 Å². The molecule has 0 saturated carbocycles. The summed E-state index contributed by atoms with van der Waals surface area (Å²) in [6.07, 6.45) is 1.51. The molecular formula is C24H18FN7O4. The number of primary amides is 1. The summed E-state index contributed by atoms with van der Waals surface area (Å²) in [6, 6.07) is 11.3. The lowest BCUT2D eigenvalue weighted by atomic mass is 10.1. The van der Waals surface area contributed by atoms with Crippen molar-refractivity contribution in [1.82, 2.24) is 19.9 Å². The van der Waals surface area contributed by atoms with Crippen LogP contribution in [0.15, 0.2) is 53.2 Å². The average Bonchev–Trinajstić information content (AvgIpc) is 3.46. The Morgan fingerprint density at radius 1 is 1.08 bits per heavy atom. The molecule has 4 heterocycles. The number of hydrogen-bond acceptors (Lipinski definition) is 8. The second kappa shape index (κ2) is 8.13. The van der Waals surface area contributed by atoms with E-state index in [0.29, 0.717) is 41.2 Å². The molecule has 0 atom stereocenters. The van der Waals surface area contributed by atoms with Crippen molar-refractivity contribution < 1.29 is 23.2 Å². The van der Waals surface area contributed by atoms with E-state index in [2.05, 4.69) is 15.2 Å². The molecule has 1 aliphatic heterocycles. The molecule has 4 N–H and O–H groups in total. The molecule has 2 aromatic carbocycles. The summed E-state index contributed by atoms with van der Waals surface area (Å²) >= 11 is 0. The Hall–Kier alpha value is -4.84. The van der Waals surface area contributed by atoms with Crippen molar-refractivity contribution in [1.29, 1.82) is 0 Å². The molecule has 1 aliphatic rings. The number of ether oxygens (including phenoxy) is 1. The van der Waals surface area contributed by atoms with E-state index in [-0.39, 0.29) is 40.5 Å². The van der Waals surface area contributed by atoms with Crippen LogP contribution in [0.2, 0.25) is 0 Å². The number of nitrogen functional groups attached to an aromatic ring is 1. The zero-order chi connectivity index (χ0) is 25.0. The van der Waals surface area contributed by atoms with Crippen LogP contribution >= 0.6 is 0 Å². The Labute approximate surface area is 202 Å². The molecule has 12 heteroatoms. The van der Waals surface area contributed by atoms with Gasteiger partial charge < -0.3 is 25.6 Å². The van der Waals surface area contributed by atoms with Crippen LogP contribution in [0.3, 0.4) is 0 Å². The van der Waals surface area contributed by atoms with E-state index < -0.39 is 11.7 Å². The van der Waals surface area contributed by atoms with E-state index in [1.807, 2.05) is 0 Å². The molecule has 180 valence electrons. The minimum atomic E-state index is -0.797. The zero-order valence-corrected chi connectivity index (χ0v) is 18.6. The van der Waals surface area contributed by atoms with E-state index >= 15 is 4.39 Å². The number of pyridine rings is 1. The SMILES string of the molecule is NC(=O)c1nn(-c2ccc3onc(N)c3c2)c2c(F)c(-c3ccc(N4CCOCC4=O)cn3)ccc12. The maximum Gasteiger partial charge on any atom is 0.269 e. The number of rotatable bonds is 4. The van der Waals surface area contributed by atoms with Gasteiger partial charge in [0.05, 0.1) is 35.3 Å². The van der Waals surface area contributed by atoms with E-state index in [9.17, 15) is 9.59 Å². The summed E-state index contributed by atoms with van der Waals surface area (Å²) in [6.45, 7) is 0.846. The number of nitrogens with two attached hydrogens (primary N) is 2. The first-order valence-electron chi connectivity index (χ1n) is 10.9. The van der Waals surface area contributed by atoms with Crippen LogP contribution in [-0.2, 0) is 9.53 Å². The molecule has 3 aromatic heterocycles. The number of carbonyl (C=O) groups is 2. The van der Waals surface area contributed by atoms with Gasteiger partial charge in [0.2, 0.25) is 0 Å². The van der Waals surface area contributed by atoms with Crippen molar-refractivity contribution in [3.8, 4) is 16.9 Å². The summed E-state index contributed by atoms with van der Waals surface area (Å²) in [7, 11) is 0. The van der Waals surface area contributed by atoms with E-state index in [0.717, 1.165) is 0 Å². The van der Waals surface area contributed by atoms with Crippen LogP contribution in [0.4, 0.5) is 15.9 Å². The number of hydrogen-bond donors (Lipinski definition) is 2. The Bertz CT molecular complexity index is 1680. The highest BCUT2D eigenvalue weighted by atomic mass is 19.1. The molecule has 2 amide bonds. The number of benzene rings is 2. The van der Waals surface area contributed by atoms with Crippen LogP contribution in [0.1, 0.15) is 10.5 Å². The third-order valence-electron chi connectivity index (χ3n) is 6.06. The second-order valence-electron chi connectivity index (χ2n) is 8.20. The van der Waals surface area contributed by atoms with Gasteiger partial charge in [-0.05, 0) is 42.5 Å². The summed E-state index contributed by atoms with van der Waals surface area (Å²) in [5.41, 5.74) is 13.4. The number of fused-ring (bicyclic) bond motifs is 2. The fourth-order valence-electron chi connectivity index (χ4n) is 4.31. The van der Waals surface area contributed by atoms with E-state index in [1.165, 1.54) is 16.9 Å². The van der Waals surface area contributed by atoms with Gasteiger partial charge in [-0.1, -0.05) is 5.16 Å². The molecule has 0 aliphatic carbocycles. The normalized spacial score (nSPS) is 14.1. The maximum absolute atomic E-state index is 16.0. The number of carbonyl (C=O) groups excluding carboxylic acids is 2. The van der Waals surface area contributed by atoms with Crippen molar-refractivity contribution in [2.45, 2.75) is 0 Å². The largest absolute Gasteiger partial charge is 0.380 e. The van der Waals surface area contributed by atoms with Crippen molar-refractivity contribution in [3.63, 3.8) is 0 Å². The monoisotopic (exact) mass is 487 g/mol. The van der Waals surface area contributed by atoms with Crippen molar-refractivity contribution in [2.75, 3.05) is 30.4 Å².